The van der Waals surface area contributed by atoms with Gasteiger partial charge in [-0.25, -0.2) is 4.79 Å². The molecule has 3 rings (SSSR count). The first-order chi connectivity index (χ1) is 10.1. The number of rotatable bonds is 4. The van der Waals surface area contributed by atoms with Crippen LogP contribution >= 0.6 is 0 Å². The molecule has 1 saturated carbocycles. The monoisotopic (exact) mass is 289 g/mol. The van der Waals surface area contributed by atoms with Crippen LogP contribution in [0.4, 0.5) is 0 Å². The van der Waals surface area contributed by atoms with Gasteiger partial charge in [-0.15, -0.1) is 0 Å². The van der Waals surface area contributed by atoms with Crippen LogP contribution < -0.4 is 10.6 Å². The van der Waals surface area contributed by atoms with Crippen LogP contribution in [0.1, 0.15) is 35.3 Å². The maximum Gasteiger partial charge on any atom is 0.335 e. The molecule has 2 aliphatic rings. The zero-order chi connectivity index (χ0) is 14.9. The number of piperidine rings is 1. The summed E-state index contributed by atoms with van der Waals surface area (Å²) in [6.07, 6.45) is 4.56. The van der Waals surface area contributed by atoms with E-state index in [1.807, 2.05) is 0 Å². The first kappa shape index (κ1) is 14.0. The van der Waals surface area contributed by atoms with Gasteiger partial charge in [-0.2, -0.15) is 0 Å². The van der Waals surface area contributed by atoms with Crippen LogP contribution in [-0.2, 0) is 11.3 Å². The summed E-state index contributed by atoms with van der Waals surface area (Å²) >= 11 is 0. The smallest absolute Gasteiger partial charge is 0.335 e. The van der Waals surface area contributed by atoms with Gasteiger partial charge in [0.1, 0.15) is 0 Å². The first-order valence-corrected chi connectivity index (χ1v) is 7.27. The van der Waals surface area contributed by atoms with Gasteiger partial charge in [-0.3, -0.25) is 9.78 Å². The van der Waals surface area contributed by atoms with Gasteiger partial charge in [-0.1, -0.05) is 0 Å². The van der Waals surface area contributed by atoms with Crippen molar-refractivity contribution in [3.05, 3.63) is 29.6 Å². The van der Waals surface area contributed by atoms with Crippen LogP contribution in [0.25, 0.3) is 0 Å². The van der Waals surface area contributed by atoms with Crippen molar-refractivity contribution in [2.24, 2.45) is 11.3 Å². The quantitative estimate of drug-likeness (QED) is 0.762. The molecule has 2 fully saturated rings. The van der Waals surface area contributed by atoms with Crippen molar-refractivity contribution >= 4 is 11.9 Å². The van der Waals surface area contributed by atoms with Crippen LogP contribution in [-0.4, -0.2) is 35.1 Å². The van der Waals surface area contributed by atoms with Crippen LogP contribution in [0.3, 0.4) is 0 Å². The maximum absolute atomic E-state index is 12.2. The van der Waals surface area contributed by atoms with E-state index in [4.69, 9.17) is 5.11 Å². The Labute approximate surface area is 123 Å². The Hall–Kier alpha value is -1.95. The molecular formula is C15H19N3O3. The maximum atomic E-state index is 12.2. The van der Waals surface area contributed by atoms with Crippen molar-refractivity contribution in [1.82, 2.24) is 15.6 Å². The Morgan fingerprint density at radius 1 is 1.43 bits per heavy atom. The number of carbonyl (C=O) groups is 2. The number of carboxylic acid groups (broad SMARTS) is 1. The fraction of sp³-hybridized carbons (Fsp3) is 0.533. The van der Waals surface area contributed by atoms with E-state index in [2.05, 4.69) is 15.6 Å². The molecule has 1 spiro atoms. The van der Waals surface area contributed by atoms with Gasteiger partial charge in [0, 0.05) is 12.1 Å². The Bertz CT molecular complexity index is 567. The van der Waals surface area contributed by atoms with Crippen LogP contribution in [0.5, 0.6) is 0 Å². The van der Waals surface area contributed by atoms with Crippen LogP contribution in [0.2, 0.25) is 0 Å². The van der Waals surface area contributed by atoms with Gasteiger partial charge in [0.15, 0.2) is 0 Å². The van der Waals surface area contributed by atoms with Crippen molar-refractivity contribution in [2.45, 2.75) is 25.8 Å². The van der Waals surface area contributed by atoms with Crippen LogP contribution in [0.15, 0.2) is 18.3 Å². The molecule has 1 saturated heterocycles. The fourth-order valence-electron chi connectivity index (χ4n) is 3.20. The number of pyridine rings is 1. The zero-order valence-electron chi connectivity index (χ0n) is 11.8. The Morgan fingerprint density at radius 3 is 2.90 bits per heavy atom. The lowest BCUT2D eigenvalue weighted by molar-refractivity contribution is -0.123. The second-order valence-corrected chi connectivity index (χ2v) is 5.93. The predicted octanol–water partition coefficient (Wildman–Crippen LogP) is 0.786. The van der Waals surface area contributed by atoms with Crippen molar-refractivity contribution in [1.29, 1.82) is 0 Å². The number of carboxylic acids is 1. The highest BCUT2D eigenvalue weighted by molar-refractivity contribution is 5.87. The number of aromatic nitrogens is 1. The van der Waals surface area contributed by atoms with Gasteiger partial charge >= 0.3 is 5.97 Å². The summed E-state index contributed by atoms with van der Waals surface area (Å²) < 4.78 is 0. The van der Waals surface area contributed by atoms with Gasteiger partial charge in [-0.05, 0) is 49.9 Å². The van der Waals surface area contributed by atoms with E-state index in [1.165, 1.54) is 18.3 Å². The molecule has 112 valence electrons. The van der Waals surface area contributed by atoms with Crippen molar-refractivity contribution in [2.75, 3.05) is 13.1 Å². The number of nitrogens with one attached hydrogen (secondary N) is 2. The van der Waals surface area contributed by atoms with Gasteiger partial charge in [0.2, 0.25) is 5.91 Å². The molecule has 0 bridgehead atoms. The Balaban J connectivity index is 1.55. The van der Waals surface area contributed by atoms with Crippen molar-refractivity contribution in [3.8, 4) is 0 Å². The molecule has 1 aromatic heterocycles. The summed E-state index contributed by atoms with van der Waals surface area (Å²) in [5.41, 5.74) is 0.977. The standard InChI is InChI=1S/C15H19N3O3/c19-13(12-8-15(12)2-5-16-6-3-15)18-9-11-7-10(14(20)21)1-4-17-11/h1,4,7,12,16H,2-3,5-6,8-9H2,(H,18,19)(H,20,21). The first-order valence-electron chi connectivity index (χ1n) is 7.27. The molecule has 1 unspecified atom stereocenters. The van der Waals surface area contributed by atoms with Crippen LogP contribution in [0, 0.1) is 11.3 Å². The van der Waals surface area contributed by atoms with Gasteiger partial charge in [0.05, 0.1) is 17.8 Å². The van der Waals surface area contributed by atoms with Crippen molar-refractivity contribution < 1.29 is 14.7 Å². The number of hydrogen-bond donors (Lipinski definition) is 3. The lowest BCUT2D eigenvalue weighted by atomic mass is 9.92. The molecule has 6 nitrogen and oxygen atoms in total. The molecule has 1 aliphatic carbocycles. The van der Waals surface area contributed by atoms with E-state index >= 15 is 0 Å². The average molecular weight is 289 g/mol. The highest BCUT2D eigenvalue weighted by Crippen LogP contribution is 2.58. The van der Waals surface area contributed by atoms with Gasteiger partial charge in [0.25, 0.3) is 0 Å². The summed E-state index contributed by atoms with van der Waals surface area (Å²) in [6.45, 7) is 2.27. The summed E-state index contributed by atoms with van der Waals surface area (Å²) in [6, 6.07) is 2.94. The molecule has 1 atom stereocenters. The summed E-state index contributed by atoms with van der Waals surface area (Å²) in [5, 5.41) is 15.1. The fourth-order valence-corrected chi connectivity index (χ4v) is 3.20. The Kier molecular flexibility index (Phi) is 3.63. The lowest BCUT2D eigenvalue weighted by Crippen LogP contribution is -2.33. The predicted molar refractivity (Wildman–Crippen MR) is 75.7 cm³/mol. The molecule has 1 aliphatic heterocycles. The third-order valence-corrected chi connectivity index (χ3v) is 4.61. The van der Waals surface area contributed by atoms with Gasteiger partial charge < -0.3 is 15.7 Å². The largest absolute Gasteiger partial charge is 0.478 e. The summed E-state index contributed by atoms with van der Waals surface area (Å²) in [4.78, 5) is 27.2. The number of nitrogens with zero attached hydrogens (tertiary/aromatic N) is 1. The summed E-state index contributed by atoms with van der Waals surface area (Å²) in [7, 11) is 0. The van der Waals surface area contributed by atoms with Crippen molar-refractivity contribution in [3.63, 3.8) is 0 Å². The minimum Gasteiger partial charge on any atom is -0.478 e. The second kappa shape index (κ2) is 5.44. The minimum atomic E-state index is -0.985. The van der Waals surface area contributed by atoms with E-state index in [-0.39, 0.29) is 29.3 Å². The third-order valence-electron chi connectivity index (χ3n) is 4.61. The number of carbonyl (C=O) groups excluding carboxylic acids is 1. The second-order valence-electron chi connectivity index (χ2n) is 5.93. The topological polar surface area (TPSA) is 91.3 Å². The SMILES string of the molecule is O=C(O)c1ccnc(CNC(=O)C2CC23CCNCC3)c1. The molecule has 21 heavy (non-hydrogen) atoms. The lowest BCUT2D eigenvalue weighted by Gasteiger charge is -2.23. The number of hydrogen-bond acceptors (Lipinski definition) is 4. The third kappa shape index (κ3) is 2.90. The van der Waals surface area contributed by atoms with E-state index in [9.17, 15) is 9.59 Å². The minimum absolute atomic E-state index is 0.0689. The molecular weight excluding hydrogens is 270 g/mol. The van der Waals surface area contributed by atoms with E-state index in [1.54, 1.807) is 0 Å². The zero-order valence-corrected chi connectivity index (χ0v) is 11.8. The Morgan fingerprint density at radius 2 is 2.19 bits per heavy atom. The molecule has 0 radical (unpaired) electrons. The highest BCUT2D eigenvalue weighted by Gasteiger charge is 2.57. The summed E-state index contributed by atoms with van der Waals surface area (Å²) in [5.74, 6) is -0.803. The number of amides is 1. The molecule has 6 heteroatoms. The number of aromatic carboxylic acids is 1. The molecule has 1 amide bonds. The molecule has 0 aromatic carbocycles. The highest BCUT2D eigenvalue weighted by atomic mass is 16.4. The van der Waals surface area contributed by atoms with E-state index in [0.717, 1.165) is 32.4 Å². The van der Waals surface area contributed by atoms with E-state index < -0.39 is 5.97 Å². The molecule has 3 N–H and O–H groups in total. The molecule has 1 aromatic rings. The normalized spacial score (nSPS) is 22.8. The van der Waals surface area contributed by atoms with E-state index in [0.29, 0.717) is 5.69 Å². The average Bonchev–Trinajstić information content (AvgIpc) is 3.19. The molecule has 2 heterocycles.